The second-order valence-corrected chi connectivity index (χ2v) is 6.75. The van der Waals surface area contributed by atoms with E-state index in [0.717, 1.165) is 67.5 Å². The molecule has 5 nitrogen and oxygen atoms in total. The van der Waals surface area contributed by atoms with Gasteiger partial charge in [0, 0.05) is 24.9 Å². The molecule has 2 atom stereocenters. The van der Waals surface area contributed by atoms with Crippen LogP contribution in [0.4, 0.5) is 5.69 Å². The van der Waals surface area contributed by atoms with Gasteiger partial charge < -0.3 is 24.9 Å². The van der Waals surface area contributed by atoms with Crippen molar-refractivity contribution in [2.75, 3.05) is 18.5 Å². The maximum absolute atomic E-state index is 7.81. The zero-order valence-electron chi connectivity index (χ0n) is 13.1. The van der Waals surface area contributed by atoms with Crippen LogP contribution in [0.1, 0.15) is 44.1 Å². The smallest absolute Gasteiger partial charge is 0.199 e. The molecule has 2 saturated heterocycles. The van der Waals surface area contributed by atoms with E-state index in [0.29, 0.717) is 5.75 Å². The van der Waals surface area contributed by atoms with Gasteiger partial charge in [-0.05, 0) is 60.2 Å². The maximum Gasteiger partial charge on any atom is 0.199 e. The molecule has 2 aliphatic rings. The Hall–Kier alpha value is -1.11. The SMILES string of the molecule is N=Cc1c(NC2CCCCO2)ccc(Br)c1OC1CCCCO1. The molecule has 1 aromatic carbocycles. The lowest BCUT2D eigenvalue weighted by Crippen LogP contribution is -2.28. The van der Waals surface area contributed by atoms with Gasteiger partial charge in [0.05, 0.1) is 16.6 Å². The van der Waals surface area contributed by atoms with E-state index in [9.17, 15) is 0 Å². The molecule has 2 aliphatic heterocycles. The average molecular weight is 383 g/mol. The molecule has 2 heterocycles. The molecule has 2 fully saturated rings. The zero-order valence-corrected chi connectivity index (χ0v) is 14.7. The zero-order chi connectivity index (χ0) is 16.1. The van der Waals surface area contributed by atoms with E-state index in [2.05, 4.69) is 21.2 Å². The van der Waals surface area contributed by atoms with Crippen LogP contribution in [0.3, 0.4) is 0 Å². The second-order valence-electron chi connectivity index (χ2n) is 5.90. The lowest BCUT2D eigenvalue weighted by molar-refractivity contribution is -0.106. The molecule has 0 bridgehead atoms. The van der Waals surface area contributed by atoms with Gasteiger partial charge in [0.15, 0.2) is 6.29 Å². The number of hydrogen-bond acceptors (Lipinski definition) is 5. The minimum atomic E-state index is -0.236. The van der Waals surface area contributed by atoms with E-state index in [-0.39, 0.29) is 12.5 Å². The van der Waals surface area contributed by atoms with Crippen LogP contribution in [0.25, 0.3) is 0 Å². The molecule has 0 saturated carbocycles. The van der Waals surface area contributed by atoms with Crippen molar-refractivity contribution < 1.29 is 14.2 Å². The number of nitrogens with one attached hydrogen (secondary N) is 2. The van der Waals surface area contributed by atoms with Gasteiger partial charge in [-0.15, -0.1) is 0 Å². The molecular formula is C17H23BrN2O3. The summed E-state index contributed by atoms with van der Waals surface area (Å²) >= 11 is 3.53. The van der Waals surface area contributed by atoms with Crippen molar-refractivity contribution in [3.05, 3.63) is 22.2 Å². The van der Waals surface area contributed by atoms with E-state index >= 15 is 0 Å². The van der Waals surface area contributed by atoms with E-state index in [1.807, 2.05) is 12.1 Å². The first-order chi connectivity index (χ1) is 11.3. The van der Waals surface area contributed by atoms with Crippen molar-refractivity contribution in [3.8, 4) is 5.75 Å². The number of rotatable bonds is 5. The first kappa shape index (κ1) is 16.7. The summed E-state index contributed by atoms with van der Waals surface area (Å²) in [6, 6.07) is 3.90. The van der Waals surface area contributed by atoms with Crippen LogP contribution < -0.4 is 10.1 Å². The van der Waals surface area contributed by atoms with Crippen LogP contribution in [-0.4, -0.2) is 31.9 Å². The fraction of sp³-hybridized carbons (Fsp3) is 0.588. The molecule has 2 unspecified atom stereocenters. The van der Waals surface area contributed by atoms with Crippen LogP contribution >= 0.6 is 15.9 Å². The van der Waals surface area contributed by atoms with Crippen LogP contribution in [0.2, 0.25) is 0 Å². The first-order valence-electron chi connectivity index (χ1n) is 8.27. The minimum Gasteiger partial charge on any atom is -0.463 e. The highest BCUT2D eigenvalue weighted by molar-refractivity contribution is 9.10. The summed E-state index contributed by atoms with van der Waals surface area (Å²) in [6.07, 6.45) is 7.42. The van der Waals surface area contributed by atoms with Gasteiger partial charge in [-0.2, -0.15) is 0 Å². The lowest BCUT2D eigenvalue weighted by atomic mass is 10.1. The van der Waals surface area contributed by atoms with Crippen molar-refractivity contribution in [1.82, 2.24) is 0 Å². The largest absolute Gasteiger partial charge is 0.463 e. The molecular weight excluding hydrogens is 360 g/mol. The molecule has 0 amide bonds. The summed E-state index contributed by atoms with van der Waals surface area (Å²) < 4.78 is 18.3. The third kappa shape index (κ3) is 4.25. The Labute approximate surface area is 145 Å². The van der Waals surface area contributed by atoms with Crippen LogP contribution in [0.15, 0.2) is 16.6 Å². The molecule has 0 aliphatic carbocycles. The molecule has 0 radical (unpaired) electrons. The van der Waals surface area contributed by atoms with E-state index < -0.39 is 0 Å². The summed E-state index contributed by atoms with van der Waals surface area (Å²) in [7, 11) is 0. The number of anilines is 1. The highest BCUT2D eigenvalue weighted by Gasteiger charge is 2.21. The Morgan fingerprint density at radius 1 is 1.13 bits per heavy atom. The molecule has 2 N–H and O–H groups in total. The standard InChI is InChI=1S/C17H23BrN2O3/c18-13-7-8-14(20-15-5-1-3-9-21-15)12(11-19)17(13)23-16-6-2-4-10-22-16/h7-8,11,15-16,19-20H,1-6,9-10H2. The van der Waals surface area contributed by atoms with Gasteiger partial charge >= 0.3 is 0 Å². The quantitative estimate of drug-likeness (QED) is 0.745. The molecule has 126 valence electrons. The molecule has 1 aromatic rings. The highest BCUT2D eigenvalue weighted by atomic mass is 79.9. The number of halogens is 1. The molecule has 3 rings (SSSR count). The van der Waals surface area contributed by atoms with Crippen molar-refractivity contribution in [1.29, 1.82) is 5.41 Å². The Morgan fingerprint density at radius 3 is 2.57 bits per heavy atom. The maximum atomic E-state index is 7.81. The van der Waals surface area contributed by atoms with Gasteiger partial charge in [0.25, 0.3) is 0 Å². The molecule has 6 heteroatoms. The van der Waals surface area contributed by atoms with Gasteiger partial charge in [0.2, 0.25) is 0 Å². The fourth-order valence-corrected chi connectivity index (χ4v) is 3.36. The molecule has 0 aromatic heterocycles. The summed E-state index contributed by atoms with van der Waals surface area (Å²) in [5, 5.41) is 11.2. The van der Waals surface area contributed by atoms with Crippen molar-refractivity contribution in [2.24, 2.45) is 0 Å². The normalized spacial score (nSPS) is 24.9. The summed E-state index contributed by atoms with van der Waals surface area (Å²) in [5.41, 5.74) is 1.59. The predicted molar refractivity (Wildman–Crippen MR) is 93.5 cm³/mol. The Balaban J connectivity index is 1.79. The number of hydrogen-bond donors (Lipinski definition) is 2. The Morgan fingerprint density at radius 2 is 1.91 bits per heavy atom. The highest BCUT2D eigenvalue weighted by Crippen LogP contribution is 2.36. The predicted octanol–water partition coefficient (Wildman–Crippen LogP) is 4.29. The monoisotopic (exact) mass is 382 g/mol. The topological polar surface area (TPSA) is 63.6 Å². The lowest BCUT2D eigenvalue weighted by Gasteiger charge is -2.28. The van der Waals surface area contributed by atoms with Crippen LogP contribution in [0.5, 0.6) is 5.75 Å². The van der Waals surface area contributed by atoms with Crippen molar-refractivity contribution in [2.45, 2.75) is 51.0 Å². The molecule has 23 heavy (non-hydrogen) atoms. The number of benzene rings is 1. The third-order valence-electron chi connectivity index (χ3n) is 4.18. The Bertz CT molecular complexity index is 541. The Kier molecular flexibility index (Phi) is 5.91. The van der Waals surface area contributed by atoms with E-state index in [1.54, 1.807) is 0 Å². The van der Waals surface area contributed by atoms with Gasteiger partial charge in [-0.25, -0.2) is 0 Å². The summed E-state index contributed by atoms with van der Waals surface area (Å²) in [6.45, 7) is 1.52. The van der Waals surface area contributed by atoms with Gasteiger partial charge in [-0.3, -0.25) is 0 Å². The van der Waals surface area contributed by atoms with Crippen LogP contribution in [-0.2, 0) is 9.47 Å². The average Bonchev–Trinajstić information content (AvgIpc) is 2.60. The van der Waals surface area contributed by atoms with E-state index in [4.69, 9.17) is 19.6 Å². The summed E-state index contributed by atoms with van der Waals surface area (Å²) in [5.74, 6) is 0.660. The summed E-state index contributed by atoms with van der Waals surface area (Å²) in [4.78, 5) is 0. The van der Waals surface area contributed by atoms with Gasteiger partial charge in [0.1, 0.15) is 12.0 Å². The third-order valence-corrected chi connectivity index (χ3v) is 4.80. The minimum absolute atomic E-state index is 0.00223. The van der Waals surface area contributed by atoms with Gasteiger partial charge in [-0.1, -0.05) is 0 Å². The van der Waals surface area contributed by atoms with E-state index in [1.165, 1.54) is 6.21 Å². The van der Waals surface area contributed by atoms with Crippen LogP contribution in [0, 0.1) is 5.41 Å². The second kappa shape index (κ2) is 8.13. The molecule has 0 spiro atoms. The first-order valence-corrected chi connectivity index (χ1v) is 9.06. The number of ether oxygens (including phenoxy) is 3. The van der Waals surface area contributed by atoms with Crippen molar-refractivity contribution >= 4 is 27.8 Å². The fourth-order valence-electron chi connectivity index (χ4n) is 2.93. The van der Waals surface area contributed by atoms with Crippen molar-refractivity contribution in [3.63, 3.8) is 0 Å².